The Labute approximate surface area is 132 Å². The van der Waals surface area contributed by atoms with Crippen molar-refractivity contribution in [2.45, 2.75) is 57.8 Å². The fourth-order valence-electron chi connectivity index (χ4n) is 2.35. The quantitative estimate of drug-likeness (QED) is 0.650. The van der Waals surface area contributed by atoms with Crippen LogP contribution in [0.2, 0.25) is 0 Å². The Morgan fingerprint density at radius 3 is 2.36 bits per heavy atom. The zero-order valence-electron chi connectivity index (χ0n) is 13.6. The van der Waals surface area contributed by atoms with Crippen LogP contribution in [0.4, 0.5) is 0 Å². The molecule has 0 aromatic heterocycles. The van der Waals surface area contributed by atoms with Gasteiger partial charge in [0.15, 0.2) is 0 Å². The lowest BCUT2D eigenvalue weighted by Gasteiger charge is -2.25. The van der Waals surface area contributed by atoms with Gasteiger partial charge in [0.25, 0.3) is 0 Å². The molecule has 0 unspecified atom stereocenters. The third-order valence-electron chi connectivity index (χ3n) is 3.92. The fourth-order valence-corrected chi connectivity index (χ4v) is 2.35. The maximum absolute atomic E-state index is 11.9. The number of carboxylic acids is 1. The molecule has 22 heavy (non-hydrogen) atoms. The highest BCUT2D eigenvalue weighted by Gasteiger charge is 2.21. The van der Waals surface area contributed by atoms with Crippen LogP contribution in [0, 0.1) is 0 Å². The molecule has 0 aliphatic heterocycles. The van der Waals surface area contributed by atoms with Crippen LogP contribution in [0.5, 0.6) is 0 Å². The Morgan fingerprint density at radius 1 is 1.05 bits per heavy atom. The van der Waals surface area contributed by atoms with Gasteiger partial charge < -0.3 is 10.4 Å². The van der Waals surface area contributed by atoms with Crippen molar-refractivity contribution in [2.75, 3.05) is 6.54 Å². The first-order valence-electron chi connectivity index (χ1n) is 7.96. The van der Waals surface area contributed by atoms with Gasteiger partial charge in [-0.1, -0.05) is 50.6 Å². The Kier molecular flexibility index (Phi) is 7.64. The lowest BCUT2D eigenvalue weighted by atomic mass is 9.80. The number of nitrogens with one attached hydrogen (secondary N) is 1. The molecule has 0 radical (unpaired) electrons. The van der Waals surface area contributed by atoms with Crippen molar-refractivity contribution in [1.29, 1.82) is 0 Å². The molecule has 0 aliphatic rings. The van der Waals surface area contributed by atoms with Gasteiger partial charge in [-0.25, -0.2) is 0 Å². The van der Waals surface area contributed by atoms with Crippen molar-refractivity contribution in [3.63, 3.8) is 0 Å². The third kappa shape index (κ3) is 7.25. The Bertz CT molecular complexity index is 468. The normalized spacial score (nSPS) is 11.2. The lowest BCUT2D eigenvalue weighted by molar-refractivity contribution is -0.137. The van der Waals surface area contributed by atoms with Crippen LogP contribution in [0.15, 0.2) is 30.3 Å². The topological polar surface area (TPSA) is 66.4 Å². The smallest absolute Gasteiger partial charge is 0.303 e. The molecule has 0 spiro atoms. The van der Waals surface area contributed by atoms with E-state index >= 15 is 0 Å². The van der Waals surface area contributed by atoms with Crippen LogP contribution in [-0.4, -0.2) is 23.5 Å². The van der Waals surface area contributed by atoms with Gasteiger partial charge in [-0.2, -0.15) is 0 Å². The number of aliphatic carboxylic acids is 1. The standard InChI is InChI=1S/C18H27NO3/c1-18(2,15-9-5-3-6-10-15)13-12-16(20)19-14-8-4-7-11-17(21)22/h3,5-6,9-10H,4,7-8,11-14H2,1-2H3,(H,19,20)(H,21,22). The summed E-state index contributed by atoms with van der Waals surface area (Å²) in [4.78, 5) is 22.2. The number of hydrogen-bond acceptors (Lipinski definition) is 2. The maximum Gasteiger partial charge on any atom is 0.303 e. The second kappa shape index (κ2) is 9.23. The van der Waals surface area contributed by atoms with Gasteiger partial charge in [0, 0.05) is 19.4 Å². The monoisotopic (exact) mass is 305 g/mol. The molecule has 0 heterocycles. The molecule has 4 nitrogen and oxygen atoms in total. The van der Waals surface area contributed by atoms with Gasteiger partial charge in [0.2, 0.25) is 5.91 Å². The van der Waals surface area contributed by atoms with Crippen LogP contribution in [-0.2, 0) is 15.0 Å². The van der Waals surface area contributed by atoms with Crippen molar-refractivity contribution < 1.29 is 14.7 Å². The molecule has 0 saturated heterocycles. The number of unbranched alkanes of at least 4 members (excludes halogenated alkanes) is 2. The summed E-state index contributed by atoms with van der Waals surface area (Å²) in [6.45, 7) is 4.94. The number of carbonyl (C=O) groups excluding carboxylic acids is 1. The predicted molar refractivity (Wildman–Crippen MR) is 87.8 cm³/mol. The number of rotatable bonds is 10. The largest absolute Gasteiger partial charge is 0.481 e. The summed E-state index contributed by atoms with van der Waals surface area (Å²) in [6.07, 6.45) is 3.87. The summed E-state index contributed by atoms with van der Waals surface area (Å²) in [5.41, 5.74) is 1.23. The third-order valence-corrected chi connectivity index (χ3v) is 3.92. The van der Waals surface area contributed by atoms with Crippen LogP contribution in [0.3, 0.4) is 0 Å². The van der Waals surface area contributed by atoms with E-state index in [0.29, 0.717) is 19.4 Å². The second-order valence-corrected chi connectivity index (χ2v) is 6.30. The van der Waals surface area contributed by atoms with Gasteiger partial charge in [-0.15, -0.1) is 0 Å². The highest BCUT2D eigenvalue weighted by atomic mass is 16.4. The fraction of sp³-hybridized carbons (Fsp3) is 0.556. The van der Waals surface area contributed by atoms with Crippen LogP contribution >= 0.6 is 0 Å². The van der Waals surface area contributed by atoms with Crippen molar-refractivity contribution in [3.05, 3.63) is 35.9 Å². The Morgan fingerprint density at radius 2 is 1.73 bits per heavy atom. The first kappa shape index (κ1) is 18.2. The molecule has 0 bridgehead atoms. The lowest BCUT2D eigenvalue weighted by Crippen LogP contribution is -2.27. The number of benzene rings is 1. The number of carbonyl (C=O) groups is 2. The summed E-state index contributed by atoms with van der Waals surface area (Å²) < 4.78 is 0. The SMILES string of the molecule is CC(C)(CCC(=O)NCCCCCC(=O)O)c1ccccc1. The molecule has 0 fully saturated rings. The molecule has 122 valence electrons. The zero-order valence-corrected chi connectivity index (χ0v) is 13.6. The van der Waals surface area contributed by atoms with Crippen molar-refractivity contribution >= 4 is 11.9 Å². The van der Waals surface area contributed by atoms with Crippen molar-refractivity contribution in [3.8, 4) is 0 Å². The first-order chi connectivity index (χ1) is 10.4. The molecule has 2 N–H and O–H groups in total. The van der Waals surface area contributed by atoms with Gasteiger partial charge in [-0.3, -0.25) is 9.59 Å². The van der Waals surface area contributed by atoms with Gasteiger partial charge in [0.05, 0.1) is 0 Å². The van der Waals surface area contributed by atoms with Gasteiger partial charge in [-0.05, 0) is 30.2 Å². The van der Waals surface area contributed by atoms with Crippen LogP contribution in [0.25, 0.3) is 0 Å². The summed E-state index contributed by atoms with van der Waals surface area (Å²) in [5.74, 6) is -0.686. The minimum Gasteiger partial charge on any atom is -0.481 e. The molecular weight excluding hydrogens is 278 g/mol. The summed E-state index contributed by atoms with van der Waals surface area (Å²) >= 11 is 0. The summed E-state index contributed by atoms with van der Waals surface area (Å²) in [6, 6.07) is 10.2. The van der Waals surface area contributed by atoms with E-state index < -0.39 is 5.97 Å². The average Bonchev–Trinajstić information content (AvgIpc) is 2.49. The minimum atomic E-state index is -0.757. The van der Waals surface area contributed by atoms with Crippen molar-refractivity contribution in [1.82, 2.24) is 5.32 Å². The van der Waals surface area contributed by atoms with E-state index in [1.165, 1.54) is 5.56 Å². The zero-order chi connectivity index (χ0) is 16.4. The van der Waals surface area contributed by atoms with E-state index in [1.54, 1.807) is 0 Å². The molecule has 1 aromatic carbocycles. The van der Waals surface area contributed by atoms with E-state index in [-0.39, 0.29) is 17.7 Å². The molecule has 0 saturated carbocycles. The number of amides is 1. The minimum absolute atomic E-state index is 0.0138. The second-order valence-electron chi connectivity index (χ2n) is 6.30. The number of hydrogen-bond donors (Lipinski definition) is 2. The molecule has 0 aliphatic carbocycles. The molecule has 0 atom stereocenters. The Balaban J connectivity index is 2.19. The van der Waals surface area contributed by atoms with E-state index in [4.69, 9.17) is 5.11 Å². The van der Waals surface area contributed by atoms with Crippen molar-refractivity contribution in [2.24, 2.45) is 0 Å². The highest BCUT2D eigenvalue weighted by Crippen LogP contribution is 2.27. The molecule has 1 amide bonds. The number of carboxylic acid groups (broad SMARTS) is 1. The van der Waals surface area contributed by atoms with Gasteiger partial charge in [0.1, 0.15) is 0 Å². The van der Waals surface area contributed by atoms with Gasteiger partial charge >= 0.3 is 5.97 Å². The molecular formula is C18H27NO3. The first-order valence-corrected chi connectivity index (χ1v) is 7.96. The molecule has 1 aromatic rings. The predicted octanol–water partition coefficient (Wildman–Crippen LogP) is 3.51. The van der Waals surface area contributed by atoms with Crippen LogP contribution in [0.1, 0.15) is 57.9 Å². The summed E-state index contributed by atoms with van der Waals surface area (Å²) in [5, 5.41) is 11.4. The maximum atomic E-state index is 11.9. The average molecular weight is 305 g/mol. The molecule has 1 rings (SSSR count). The van der Waals surface area contributed by atoms with E-state index in [1.807, 2.05) is 18.2 Å². The summed E-state index contributed by atoms with van der Waals surface area (Å²) in [7, 11) is 0. The van der Waals surface area contributed by atoms with Crippen LogP contribution < -0.4 is 5.32 Å². The Hall–Kier alpha value is -1.84. The van der Waals surface area contributed by atoms with E-state index in [0.717, 1.165) is 19.3 Å². The van der Waals surface area contributed by atoms with E-state index in [9.17, 15) is 9.59 Å². The highest BCUT2D eigenvalue weighted by molar-refractivity contribution is 5.75. The van der Waals surface area contributed by atoms with E-state index in [2.05, 4.69) is 31.3 Å². The molecule has 4 heteroatoms.